The van der Waals surface area contributed by atoms with E-state index in [1.54, 1.807) is 44.2 Å². The number of esters is 1. The van der Waals surface area contributed by atoms with Crippen LogP contribution in [0.25, 0.3) is 0 Å². The number of carbonyl (C=O) groups excluding carboxylic acids is 1. The van der Waals surface area contributed by atoms with Gasteiger partial charge in [0.25, 0.3) is 0 Å². The highest BCUT2D eigenvalue weighted by molar-refractivity contribution is 5.89. The van der Waals surface area contributed by atoms with E-state index in [0.717, 1.165) is 0 Å². The summed E-state index contributed by atoms with van der Waals surface area (Å²) in [5.74, 6) is -3.68. The van der Waals surface area contributed by atoms with Gasteiger partial charge < -0.3 is 25.8 Å². The van der Waals surface area contributed by atoms with Crippen LogP contribution in [0.2, 0.25) is 0 Å². The van der Waals surface area contributed by atoms with E-state index >= 15 is 0 Å². The van der Waals surface area contributed by atoms with E-state index in [-0.39, 0.29) is 23.9 Å². The van der Waals surface area contributed by atoms with Crippen LogP contribution in [0.3, 0.4) is 0 Å². The first-order valence-corrected chi connectivity index (χ1v) is 8.48. The Kier molecular flexibility index (Phi) is 8.28. The zero-order valence-electron chi connectivity index (χ0n) is 15.5. The van der Waals surface area contributed by atoms with Crippen molar-refractivity contribution in [1.82, 2.24) is 0 Å². The molecule has 2 aromatic rings. The molecule has 0 aliphatic carbocycles. The fourth-order valence-corrected chi connectivity index (χ4v) is 2.95. The van der Waals surface area contributed by atoms with Gasteiger partial charge in [-0.15, -0.1) is 12.4 Å². The topological polar surface area (TPSA) is 130 Å². The maximum Gasteiger partial charge on any atom is 0.338 e. The van der Waals surface area contributed by atoms with Crippen LogP contribution in [0.5, 0.6) is 11.5 Å². The van der Waals surface area contributed by atoms with Crippen molar-refractivity contribution >= 4 is 24.3 Å². The first kappa shape index (κ1) is 23.3. The number of carboxylic acids is 1. The fraction of sp³-hybridized carbons (Fsp3) is 0.300. The molecule has 1 unspecified atom stereocenters. The molecular weight excluding hydrogens is 386 g/mol. The Hall–Kier alpha value is -2.77. The molecular formula is C20H24ClNO6. The summed E-state index contributed by atoms with van der Waals surface area (Å²) in [6.07, 6.45) is -0.649. The van der Waals surface area contributed by atoms with Gasteiger partial charge in [-0.05, 0) is 36.8 Å². The Balaban J connectivity index is 0.00000392. The summed E-state index contributed by atoms with van der Waals surface area (Å²) in [5, 5.41) is 28.6. The van der Waals surface area contributed by atoms with E-state index in [9.17, 15) is 24.9 Å². The third-order valence-corrected chi connectivity index (χ3v) is 4.67. The van der Waals surface area contributed by atoms with Gasteiger partial charge in [-0.1, -0.05) is 31.2 Å². The lowest BCUT2D eigenvalue weighted by molar-refractivity contribution is -0.139. The summed E-state index contributed by atoms with van der Waals surface area (Å²) in [6, 6.07) is 11.2. The molecule has 0 saturated heterocycles. The molecule has 0 fully saturated rings. The summed E-state index contributed by atoms with van der Waals surface area (Å²) in [4.78, 5) is 23.8. The van der Waals surface area contributed by atoms with Crippen LogP contribution in [0, 0.1) is 5.92 Å². The molecule has 4 atom stereocenters. The Morgan fingerprint density at radius 2 is 1.61 bits per heavy atom. The minimum Gasteiger partial charge on any atom is -0.504 e. The SMILES string of the molecule is C[C@H](C(c1ccc(O)c(O)c1)[C@H](N)C(=O)O)[C@@H](C)OC(=O)c1ccccc1.Cl. The largest absolute Gasteiger partial charge is 0.504 e. The molecule has 152 valence electrons. The molecule has 0 bridgehead atoms. The maximum absolute atomic E-state index is 12.3. The Bertz CT molecular complexity index is 814. The van der Waals surface area contributed by atoms with Crippen LogP contribution in [0.4, 0.5) is 0 Å². The van der Waals surface area contributed by atoms with Gasteiger partial charge in [0.15, 0.2) is 11.5 Å². The molecule has 28 heavy (non-hydrogen) atoms. The molecule has 0 heterocycles. The molecule has 2 aromatic carbocycles. The molecule has 0 spiro atoms. The van der Waals surface area contributed by atoms with Gasteiger partial charge in [-0.25, -0.2) is 4.79 Å². The number of phenols is 2. The number of phenolic OH excluding ortho intramolecular Hbond substituents is 2. The number of aliphatic carboxylic acids is 1. The Morgan fingerprint density at radius 3 is 2.14 bits per heavy atom. The number of halogens is 1. The van der Waals surface area contributed by atoms with Gasteiger partial charge >= 0.3 is 11.9 Å². The number of carboxylic acid groups (broad SMARTS) is 1. The van der Waals surface area contributed by atoms with Crippen molar-refractivity contribution in [2.75, 3.05) is 0 Å². The van der Waals surface area contributed by atoms with Gasteiger partial charge in [0.05, 0.1) is 5.56 Å². The lowest BCUT2D eigenvalue weighted by atomic mass is 9.79. The molecule has 0 saturated carbocycles. The van der Waals surface area contributed by atoms with Crippen LogP contribution in [0.15, 0.2) is 48.5 Å². The van der Waals surface area contributed by atoms with Crippen LogP contribution in [-0.4, -0.2) is 39.4 Å². The molecule has 5 N–H and O–H groups in total. The monoisotopic (exact) mass is 409 g/mol. The molecule has 8 heteroatoms. The van der Waals surface area contributed by atoms with E-state index < -0.39 is 35.9 Å². The fourth-order valence-electron chi connectivity index (χ4n) is 2.95. The third-order valence-electron chi connectivity index (χ3n) is 4.67. The zero-order valence-corrected chi connectivity index (χ0v) is 16.3. The third kappa shape index (κ3) is 5.37. The Labute approximate surface area is 169 Å². The van der Waals surface area contributed by atoms with Crippen molar-refractivity contribution in [3.8, 4) is 11.5 Å². The highest BCUT2D eigenvalue weighted by Gasteiger charge is 2.35. The normalized spacial score (nSPS) is 14.8. The highest BCUT2D eigenvalue weighted by atomic mass is 35.5. The quantitative estimate of drug-likeness (QED) is 0.408. The number of aromatic hydroxyl groups is 2. The van der Waals surface area contributed by atoms with Crippen molar-refractivity contribution in [3.63, 3.8) is 0 Å². The van der Waals surface area contributed by atoms with Crippen molar-refractivity contribution in [3.05, 3.63) is 59.7 Å². The van der Waals surface area contributed by atoms with Crippen LogP contribution >= 0.6 is 12.4 Å². The van der Waals surface area contributed by atoms with E-state index in [2.05, 4.69) is 0 Å². The highest BCUT2D eigenvalue weighted by Crippen LogP contribution is 2.35. The summed E-state index contributed by atoms with van der Waals surface area (Å²) < 4.78 is 5.49. The molecule has 0 aromatic heterocycles. The van der Waals surface area contributed by atoms with E-state index in [1.807, 2.05) is 0 Å². The minimum absolute atomic E-state index is 0. The second-order valence-electron chi connectivity index (χ2n) is 6.47. The molecule has 7 nitrogen and oxygen atoms in total. The van der Waals surface area contributed by atoms with Crippen molar-refractivity contribution < 1.29 is 29.6 Å². The average molecular weight is 410 g/mol. The first-order chi connectivity index (χ1) is 12.7. The predicted octanol–water partition coefficient (Wildman–Crippen LogP) is 2.90. The number of nitrogens with two attached hydrogens (primary N) is 1. The number of hydrogen-bond acceptors (Lipinski definition) is 6. The van der Waals surface area contributed by atoms with Crippen LogP contribution < -0.4 is 5.73 Å². The standard InChI is InChI=1S/C20H23NO6.ClH/c1-11(12(2)27-20(26)13-6-4-3-5-7-13)17(18(21)19(24)25)14-8-9-15(22)16(23)10-14;/h3-12,17-18,22-23H,21H2,1-2H3,(H,24,25);1H/t11-,12+,17?,18-;/m0./s1. The number of benzene rings is 2. The maximum atomic E-state index is 12.3. The molecule has 2 rings (SSSR count). The second-order valence-corrected chi connectivity index (χ2v) is 6.47. The van der Waals surface area contributed by atoms with Gasteiger partial charge in [-0.3, -0.25) is 4.79 Å². The van der Waals surface area contributed by atoms with Crippen LogP contribution in [-0.2, 0) is 9.53 Å². The summed E-state index contributed by atoms with van der Waals surface area (Å²) in [6.45, 7) is 3.38. The number of ether oxygens (including phenoxy) is 1. The first-order valence-electron chi connectivity index (χ1n) is 8.48. The lowest BCUT2D eigenvalue weighted by Gasteiger charge is -2.31. The van der Waals surface area contributed by atoms with Gasteiger partial charge in [0.1, 0.15) is 12.1 Å². The smallest absolute Gasteiger partial charge is 0.338 e. The zero-order chi connectivity index (χ0) is 20.1. The van der Waals surface area contributed by atoms with E-state index in [4.69, 9.17) is 10.5 Å². The van der Waals surface area contributed by atoms with E-state index in [0.29, 0.717) is 11.1 Å². The summed E-state index contributed by atoms with van der Waals surface area (Å²) >= 11 is 0. The van der Waals surface area contributed by atoms with Crippen LogP contribution in [0.1, 0.15) is 35.7 Å². The number of carbonyl (C=O) groups is 2. The number of rotatable bonds is 7. The second kappa shape index (κ2) is 9.96. The van der Waals surface area contributed by atoms with Gasteiger partial charge in [-0.2, -0.15) is 0 Å². The van der Waals surface area contributed by atoms with Crippen molar-refractivity contribution in [1.29, 1.82) is 0 Å². The Morgan fingerprint density at radius 1 is 1.00 bits per heavy atom. The van der Waals surface area contributed by atoms with Crippen molar-refractivity contribution in [2.24, 2.45) is 11.7 Å². The summed E-state index contributed by atoms with van der Waals surface area (Å²) in [7, 11) is 0. The molecule has 0 amide bonds. The molecule has 0 radical (unpaired) electrons. The molecule has 0 aliphatic rings. The number of hydrogen-bond donors (Lipinski definition) is 4. The average Bonchev–Trinajstić information content (AvgIpc) is 2.65. The van der Waals surface area contributed by atoms with Gasteiger partial charge in [0.2, 0.25) is 0 Å². The predicted molar refractivity (Wildman–Crippen MR) is 106 cm³/mol. The lowest BCUT2D eigenvalue weighted by Crippen LogP contribution is -2.42. The summed E-state index contributed by atoms with van der Waals surface area (Å²) in [5.41, 5.74) is 6.69. The van der Waals surface area contributed by atoms with Gasteiger partial charge in [0, 0.05) is 11.8 Å². The minimum atomic E-state index is -1.29. The van der Waals surface area contributed by atoms with E-state index in [1.165, 1.54) is 18.2 Å². The van der Waals surface area contributed by atoms with Crippen molar-refractivity contribution in [2.45, 2.75) is 31.9 Å². The molecule has 0 aliphatic heterocycles.